The minimum atomic E-state index is 0.229. The Labute approximate surface area is 152 Å². The van der Waals surface area contributed by atoms with Crippen LogP contribution in [0.25, 0.3) is 22.5 Å². The maximum atomic E-state index is 6.58. The molecular weight excluding hydrogens is 336 g/mol. The Morgan fingerprint density at radius 2 is 2.08 bits per heavy atom. The monoisotopic (exact) mass is 356 g/mol. The van der Waals surface area contributed by atoms with Crippen LogP contribution in [0.2, 0.25) is 5.15 Å². The van der Waals surface area contributed by atoms with E-state index in [1.807, 2.05) is 38.5 Å². The molecule has 1 atom stereocenters. The second-order valence-corrected chi connectivity index (χ2v) is 6.83. The number of halogens is 1. The first kappa shape index (κ1) is 16.4. The van der Waals surface area contributed by atoms with Crippen molar-refractivity contribution in [1.29, 1.82) is 0 Å². The first-order valence-corrected chi connectivity index (χ1v) is 8.94. The van der Waals surface area contributed by atoms with Gasteiger partial charge >= 0.3 is 0 Å². The lowest BCUT2D eigenvalue weighted by Gasteiger charge is -2.14. The number of imidazole rings is 1. The third kappa shape index (κ3) is 2.98. The lowest BCUT2D eigenvalue weighted by Crippen LogP contribution is -2.15. The van der Waals surface area contributed by atoms with Crippen molar-refractivity contribution in [3.8, 4) is 22.5 Å². The Balaban J connectivity index is 1.87. The molecule has 6 heteroatoms. The van der Waals surface area contributed by atoms with Crippen LogP contribution in [-0.2, 0) is 18.3 Å². The largest absolute Gasteiger partial charge is 0.376 e. The molecule has 1 fully saturated rings. The summed E-state index contributed by atoms with van der Waals surface area (Å²) in [5.41, 5.74) is 4.86. The highest BCUT2D eigenvalue weighted by atomic mass is 35.5. The van der Waals surface area contributed by atoms with E-state index in [0.717, 1.165) is 54.2 Å². The van der Waals surface area contributed by atoms with Gasteiger partial charge in [0.25, 0.3) is 0 Å². The Morgan fingerprint density at radius 1 is 1.28 bits per heavy atom. The summed E-state index contributed by atoms with van der Waals surface area (Å²) < 4.78 is 9.70. The van der Waals surface area contributed by atoms with E-state index in [0.29, 0.717) is 5.15 Å². The fourth-order valence-electron chi connectivity index (χ4n) is 3.50. The van der Waals surface area contributed by atoms with Gasteiger partial charge in [0.1, 0.15) is 5.15 Å². The van der Waals surface area contributed by atoms with Crippen molar-refractivity contribution in [2.75, 3.05) is 6.61 Å². The number of benzene rings is 1. The summed E-state index contributed by atoms with van der Waals surface area (Å²) in [5, 5.41) is 5.12. The lowest BCUT2D eigenvalue weighted by atomic mass is 10.1. The standard InChI is InChI=1S/C19H21ClN4O/c1-13-16(19(20)23(2)22-13)18-17(14-7-4-3-5-8-14)21-12-24(18)11-15-9-6-10-25-15/h3-5,7-8,12,15H,6,9-11H2,1-2H3/t15-/m0/s1. The first-order valence-electron chi connectivity index (χ1n) is 8.56. The van der Waals surface area contributed by atoms with Crippen molar-refractivity contribution in [2.24, 2.45) is 7.05 Å². The van der Waals surface area contributed by atoms with Crippen molar-refractivity contribution >= 4 is 11.6 Å². The van der Waals surface area contributed by atoms with E-state index < -0.39 is 0 Å². The summed E-state index contributed by atoms with van der Waals surface area (Å²) in [5.74, 6) is 0. The number of rotatable bonds is 4. The Morgan fingerprint density at radius 3 is 2.72 bits per heavy atom. The molecule has 0 radical (unpaired) electrons. The van der Waals surface area contributed by atoms with Crippen molar-refractivity contribution in [1.82, 2.24) is 19.3 Å². The van der Waals surface area contributed by atoms with Gasteiger partial charge in [-0.15, -0.1) is 0 Å². The number of aromatic nitrogens is 4. The first-order chi connectivity index (χ1) is 12.1. The van der Waals surface area contributed by atoms with E-state index in [4.69, 9.17) is 21.3 Å². The fourth-order valence-corrected chi connectivity index (χ4v) is 3.76. The molecule has 2 aromatic heterocycles. The maximum Gasteiger partial charge on any atom is 0.136 e. The number of hydrogen-bond donors (Lipinski definition) is 0. The molecule has 0 spiro atoms. The van der Waals surface area contributed by atoms with Crippen LogP contribution in [0.3, 0.4) is 0 Å². The molecule has 0 amide bonds. The Kier molecular flexibility index (Phi) is 4.36. The third-order valence-electron chi connectivity index (χ3n) is 4.70. The zero-order valence-corrected chi connectivity index (χ0v) is 15.2. The van der Waals surface area contributed by atoms with Crippen LogP contribution in [0.1, 0.15) is 18.5 Å². The van der Waals surface area contributed by atoms with Crippen LogP contribution in [0, 0.1) is 6.92 Å². The average molecular weight is 357 g/mol. The summed E-state index contributed by atoms with van der Waals surface area (Å²) in [6, 6.07) is 10.2. The summed E-state index contributed by atoms with van der Waals surface area (Å²) in [7, 11) is 1.86. The molecule has 1 aliphatic heterocycles. The predicted octanol–water partition coefficient (Wildman–Crippen LogP) is 4.09. The SMILES string of the molecule is Cc1nn(C)c(Cl)c1-c1c(-c2ccccc2)ncn1C[C@@H]1CCCO1. The molecule has 4 rings (SSSR count). The second kappa shape index (κ2) is 6.65. The molecule has 0 bridgehead atoms. The van der Waals surface area contributed by atoms with Crippen LogP contribution < -0.4 is 0 Å². The van der Waals surface area contributed by atoms with Gasteiger partial charge in [-0.1, -0.05) is 41.9 Å². The van der Waals surface area contributed by atoms with E-state index >= 15 is 0 Å². The molecule has 3 heterocycles. The number of ether oxygens (including phenoxy) is 1. The Hall–Kier alpha value is -2.11. The van der Waals surface area contributed by atoms with Gasteiger partial charge in [-0.2, -0.15) is 5.10 Å². The van der Waals surface area contributed by atoms with Gasteiger partial charge in [0, 0.05) is 19.2 Å². The van der Waals surface area contributed by atoms with E-state index in [2.05, 4.69) is 21.8 Å². The summed E-state index contributed by atoms with van der Waals surface area (Å²) in [6.45, 7) is 3.60. The van der Waals surface area contributed by atoms with E-state index in [1.165, 1.54) is 0 Å². The zero-order chi connectivity index (χ0) is 17.4. The van der Waals surface area contributed by atoms with Crippen molar-refractivity contribution in [2.45, 2.75) is 32.4 Å². The van der Waals surface area contributed by atoms with Crippen LogP contribution in [0.15, 0.2) is 36.7 Å². The van der Waals surface area contributed by atoms with Gasteiger partial charge in [-0.3, -0.25) is 4.68 Å². The number of nitrogens with zero attached hydrogens (tertiary/aromatic N) is 4. The van der Waals surface area contributed by atoms with E-state index in [-0.39, 0.29) is 6.10 Å². The van der Waals surface area contributed by atoms with Crippen LogP contribution in [0.4, 0.5) is 0 Å². The molecule has 0 N–H and O–H groups in total. The zero-order valence-electron chi connectivity index (χ0n) is 14.4. The molecule has 1 aromatic carbocycles. The molecule has 3 aromatic rings. The smallest absolute Gasteiger partial charge is 0.136 e. The average Bonchev–Trinajstić information content (AvgIpc) is 3.31. The molecule has 0 unspecified atom stereocenters. The van der Waals surface area contributed by atoms with Crippen molar-refractivity contribution in [3.63, 3.8) is 0 Å². The van der Waals surface area contributed by atoms with Gasteiger partial charge in [-0.25, -0.2) is 4.98 Å². The van der Waals surface area contributed by atoms with Crippen LogP contribution in [-0.4, -0.2) is 32.0 Å². The molecule has 25 heavy (non-hydrogen) atoms. The number of aryl methyl sites for hydroxylation is 2. The molecular formula is C19H21ClN4O. The maximum absolute atomic E-state index is 6.58. The van der Waals surface area contributed by atoms with Gasteiger partial charge in [0.15, 0.2) is 0 Å². The second-order valence-electron chi connectivity index (χ2n) is 6.47. The van der Waals surface area contributed by atoms with Gasteiger partial charge in [-0.05, 0) is 19.8 Å². The lowest BCUT2D eigenvalue weighted by molar-refractivity contribution is 0.0973. The molecule has 0 saturated carbocycles. The molecule has 1 aliphatic rings. The highest BCUT2D eigenvalue weighted by Crippen LogP contribution is 2.37. The highest BCUT2D eigenvalue weighted by molar-refractivity contribution is 6.32. The summed E-state index contributed by atoms with van der Waals surface area (Å²) in [6.07, 6.45) is 4.32. The van der Waals surface area contributed by atoms with E-state index in [9.17, 15) is 0 Å². The van der Waals surface area contributed by atoms with Gasteiger partial charge < -0.3 is 9.30 Å². The fraction of sp³-hybridized carbons (Fsp3) is 0.368. The minimum absolute atomic E-state index is 0.229. The summed E-state index contributed by atoms with van der Waals surface area (Å²) >= 11 is 6.58. The van der Waals surface area contributed by atoms with Crippen molar-refractivity contribution < 1.29 is 4.74 Å². The molecule has 5 nitrogen and oxygen atoms in total. The predicted molar refractivity (Wildman–Crippen MR) is 98.6 cm³/mol. The van der Waals surface area contributed by atoms with Gasteiger partial charge in [0.05, 0.1) is 41.6 Å². The minimum Gasteiger partial charge on any atom is -0.376 e. The highest BCUT2D eigenvalue weighted by Gasteiger charge is 2.25. The van der Waals surface area contributed by atoms with Crippen molar-refractivity contribution in [3.05, 3.63) is 47.5 Å². The topological polar surface area (TPSA) is 44.9 Å². The molecule has 1 saturated heterocycles. The van der Waals surface area contributed by atoms with Gasteiger partial charge in [0.2, 0.25) is 0 Å². The van der Waals surface area contributed by atoms with E-state index in [1.54, 1.807) is 4.68 Å². The normalized spacial score (nSPS) is 17.3. The quantitative estimate of drug-likeness (QED) is 0.707. The molecule has 130 valence electrons. The van der Waals surface area contributed by atoms with Crippen LogP contribution >= 0.6 is 11.6 Å². The third-order valence-corrected chi connectivity index (χ3v) is 5.13. The molecule has 0 aliphatic carbocycles. The number of hydrogen-bond acceptors (Lipinski definition) is 3. The Bertz CT molecular complexity index is 878. The van der Waals surface area contributed by atoms with Crippen LogP contribution in [0.5, 0.6) is 0 Å². The summed E-state index contributed by atoms with van der Waals surface area (Å²) in [4.78, 5) is 4.71.